The van der Waals surface area contributed by atoms with Gasteiger partial charge in [0.1, 0.15) is 6.29 Å². The molecule has 29 heavy (non-hydrogen) atoms. The maximum Gasteiger partial charge on any atom is 0.161 e. The van der Waals surface area contributed by atoms with Crippen molar-refractivity contribution in [1.82, 2.24) is 4.57 Å². The predicted molar refractivity (Wildman–Crippen MR) is 116 cm³/mol. The molecule has 0 radical (unpaired) electrons. The molecule has 152 valence electrons. The van der Waals surface area contributed by atoms with E-state index >= 15 is 0 Å². The van der Waals surface area contributed by atoms with Gasteiger partial charge in [0, 0.05) is 29.1 Å². The number of hydrogen-bond acceptors (Lipinski definition) is 3. The van der Waals surface area contributed by atoms with Crippen LogP contribution in [0.4, 0.5) is 0 Å². The molecule has 0 spiro atoms. The van der Waals surface area contributed by atoms with Crippen molar-refractivity contribution >= 4 is 17.2 Å². The number of nitrogens with zero attached hydrogens (tertiary/aromatic N) is 1. The summed E-state index contributed by atoms with van der Waals surface area (Å²) in [5.74, 6) is 1.94. The van der Waals surface area contributed by atoms with Gasteiger partial charge >= 0.3 is 0 Å². The number of methoxy groups -OCH3 is 2. The van der Waals surface area contributed by atoms with E-state index in [-0.39, 0.29) is 5.92 Å². The number of para-hydroxylation sites is 1. The summed E-state index contributed by atoms with van der Waals surface area (Å²) >= 11 is 0. The van der Waals surface area contributed by atoms with Crippen LogP contribution in [0.3, 0.4) is 0 Å². The Bertz CT molecular complexity index is 1020. The van der Waals surface area contributed by atoms with Crippen molar-refractivity contribution in [3.05, 3.63) is 59.3 Å². The van der Waals surface area contributed by atoms with Crippen molar-refractivity contribution < 1.29 is 14.3 Å². The largest absolute Gasteiger partial charge is 0.493 e. The van der Waals surface area contributed by atoms with Gasteiger partial charge in [0.15, 0.2) is 11.5 Å². The molecule has 0 bridgehead atoms. The molecule has 0 N–H and O–H groups in total. The standard InChI is InChI=1S/C25H29NO3/c1-4-7-19-18(16-27)11-12-22-25(19)20-8-5-6-9-21(20)26(22)15-17-10-13-23(28-2)24(14-17)29-3/h5-6,8-10,13-14,16,18-19H,4,7,11-12,15H2,1-3H3/t18-,19-/m1/s1. The zero-order chi connectivity index (χ0) is 20.4. The second-order valence-corrected chi connectivity index (χ2v) is 7.89. The Hall–Kier alpha value is -2.75. The zero-order valence-corrected chi connectivity index (χ0v) is 17.5. The predicted octanol–water partition coefficient (Wildman–Crippen LogP) is 5.35. The van der Waals surface area contributed by atoms with E-state index in [1.165, 1.54) is 34.0 Å². The third kappa shape index (κ3) is 3.41. The quantitative estimate of drug-likeness (QED) is 0.510. The highest BCUT2D eigenvalue weighted by Crippen LogP contribution is 2.44. The Morgan fingerprint density at radius 3 is 2.62 bits per heavy atom. The molecule has 0 fully saturated rings. The van der Waals surface area contributed by atoms with E-state index in [0.29, 0.717) is 5.92 Å². The van der Waals surface area contributed by atoms with Crippen LogP contribution in [0.2, 0.25) is 0 Å². The first kappa shape index (κ1) is 19.6. The van der Waals surface area contributed by atoms with Crippen molar-refractivity contribution in [3.63, 3.8) is 0 Å². The van der Waals surface area contributed by atoms with Crippen molar-refractivity contribution in [1.29, 1.82) is 0 Å². The molecule has 3 aromatic rings. The van der Waals surface area contributed by atoms with Gasteiger partial charge in [-0.05, 0) is 54.5 Å². The van der Waals surface area contributed by atoms with Crippen LogP contribution in [-0.2, 0) is 17.8 Å². The van der Waals surface area contributed by atoms with Crippen molar-refractivity contribution in [2.24, 2.45) is 5.92 Å². The van der Waals surface area contributed by atoms with Gasteiger partial charge < -0.3 is 18.8 Å². The molecule has 4 heteroatoms. The monoisotopic (exact) mass is 391 g/mol. The van der Waals surface area contributed by atoms with Crippen LogP contribution < -0.4 is 9.47 Å². The summed E-state index contributed by atoms with van der Waals surface area (Å²) in [6, 6.07) is 14.8. The summed E-state index contributed by atoms with van der Waals surface area (Å²) in [5.41, 5.74) is 5.21. The van der Waals surface area contributed by atoms with Crippen molar-refractivity contribution in [3.8, 4) is 11.5 Å². The molecular formula is C25H29NO3. The Morgan fingerprint density at radius 2 is 1.90 bits per heavy atom. The van der Waals surface area contributed by atoms with Crippen LogP contribution in [0, 0.1) is 5.92 Å². The maximum atomic E-state index is 11.8. The van der Waals surface area contributed by atoms with Gasteiger partial charge in [-0.2, -0.15) is 0 Å². The molecule has 1 aliphatic rings. The number of fused-ring (bicyclic) bond motifs is 3. The van der Waals surface area contributed by atoms with Crippen LogP contribution >= 0.6 is 0 Å². The Morgan fingerprint density at radius 1 is 1.10 bits per heavy atom. The fraction of sp³-hybridized carbons (Fsp3) is 0.400. The fourth-order valence-corrected chi connectivity index (χ4v) is 4.96. The number of aromatic nitrogens is 1. The van der Waals surface area contributed by atoms with E-state index in [4.69, 9.17) is 9.47 Å². The first-order chi connectivity index (χ1) is 14.2. The topological polar surface area (TPSA) is 40.5 Å². The smallest absolute Gasteiger partial charge is 0.161 e. The van der Waals surface area contributed by atoms with Gasteiger partial charge in [-0.15, -0.1) is 0 Å². The minimum absolute atomic E-state index is 0.128. The molecule has 0 unspecified atom stereocenters. The molecule has 0 aliphatic heterocycles. The second-order valence-electron chi connectivity index (χ2n) is 7.89. The summed E-state index contributed by atoms with van der Waals surface area (Å²) in [4.78, 5) is 11.8. The summed E-state index contributed by atoms with van der Waals surface area (Å²) in [7, 11) is 3.33. The number of carbonyl (C=O) groups excluding carboxylic acids is 1. The lowest BCUT2D eigenvalue weighted by Gasteiger charge is -2.29. The van der Waals surface area contributed by atoms with Crippen LogP contribution in [0.25, 0.3) is 10.9 Å². The number of rotatable bonds is 7. The number of carbonyl (C=O) groups is 1. The molecule has 4 rings (SSSR count). The molecule has 0 saturated carbocycles. The number of ether oxygens (including phenoxy) is 2. The van der Waals surface area contributed by atoms with Gasteiger partial charge in [-0.3, -0.25) is 0 Å². The van der Waals surface area contributed by atoms with Crippen molar-refractivity contribution in [2.75, 3.05) is 14.2 Å². The lowest BCUT2D eigenvalue weighted by Crippen LogP contribution is -2.23. The van der Waals surface area contributed by atoms with Gasteiger partial charge in [0.05, 0.1) is 14.2 Å². The van der Waals surface area contributed by atoms with E-state index in [0.717, 1.165) is 43.7 Å². The Balaban J connectivity index is 1.83. The second kappa shape index (κ2) is 8.32. The van der Waals surface area contributed by atoms with E-state index < -0.39 is 0 Å². The Kier molecular flexibility index (Phi) is 5.61. The molecule has 4 nitrogen and oxygen atoms in total. The Labute approximate surface area is 172 Å². The number of hydrogen-bond donors (Lipinski definition) is 0. The first-order valence-corrected chi connectivity index (χ1v) is 10.5. The van der Waals surface area contributed by atoms with E-state index in [1.54, 1.807) is 14.2 Å². The highest BCUT2D eigenvalue weighted by atomic mass is 16.5. The molecule has 2 atom stereocenters. The normalized spacial score (nSPS) is 18.4. The minimum Gasteiger partial charge on any atom is -0.493 e. The minimum atomic E-state index is 0.128. The lowest BCUT2D eigenvalue weighted by molar-refractivity contribution is -0.112. The van der Waals surface area contributed by atoms with E-state index in [9.17, 15) is 4.79 Å². The average molecular weight is 392 g/mol. The summed E-state index contributed by atoms with van der Waals surface area (Å²) in [6.07, 6.45) is 5.21. The molecule has 2 aromatic carbocycles. The number of aldehydes is 1. The van der Waals surface area contributed by atoms with Gasteiger partial charge in [-0.1, -0.05) is 37.6 Å². The molecular weight excluding hydrogens is 362 g/mol. The third-order valence-corrected chi connectivity index (χ3v) is 6.29. The van der Waals surface area contributed by atoms with E-state index in [2.05, 4.69) is 47.9 Å². The van der Waals surface area contributed by atoms with Crippen LogP contribution in [0.1, 0.15) is 48.9 Å². The first-order valence-electron chi connectivity index (χ1n) is 10.5. The SMILES string of the molecule is CCC[C@H]1c2c(n(Cc3ccc(OC)c(OC)c3)c3ccccc23)CC[C@@H]1C=O. The molecule has 1 aromatic heterocycles. The molecule has 0 amide bonds. The molecule has 1 aliphatic carbocycles. The third-order valence-electron chi connectivity index (χ3n) is 6.29. The summed E-state index contributed by atoms with van der Waals surface area (Å²) < 4.78 is 13.3. The maximum absolute atomic E-state index is 11.8. The van der Waals surface area contributed by atoms with Gasteiger partial charge in [0.25, 0.3) is 0 Å². The lowest BCUT2D eigenvalue weighted by atomic mass is 9.75. The fourth-order valence-electron chi connectivity index (χ4n) is 4.96. The highest BCUT2D eigenvalue weighted by Gasteiger charge is 2.33. The highest BCUT2D eigenvalue weighted by molar-refractivity contribution is 5.87. The van der Waals surface area contributed by atoms with Crippen molar-refractivity contribution in [2.45, 2.75) is 45.1 Å². The number of benzene rings is 2. The van der Waals surface area contributed by atoms with Crippen LogP contribution in [-0.4, -0.2) is 25.1 Å². The summed E-state index contributed by atoms with van der Waals surface area (Å²) in [5, 5.41) is 1.30. The summed E-state index contributed by atoms with van der Waals surface area (Å²) in [6.45, 7) is 2.99. The van der Waals surface area contributed by atoms with Gasteiger partial charge in [0.2, 0.25) is 0 Å². The van der Waals surface area contributed by atoms with Crippen LogP contribution in [0.5, 0.6) is 11.5 Å². The van der Waals surface area contributed by atoms with E-state index in [1.807, 2.05) is 6.07 Å². The zero-order valence-electron chi connectivity index (χ0n) is 17.5. The van der Waals surface area contributed by atoms with Crippen LogP contribution in [0.15, 0.2) is 42.5 Å². The molecule has 1 heterocycles. The molecule has 0 saturated heterocycles. The van der Waals surface area contributed by atoms with Gasteiger partial charge in [-0.25, -0.2) is 0 Å². The average Bonchev–Trinajstić information content (AvgIpc) is 3.08.